The van der Waals surface area contributed by atoms with Crippen LogP contribution >= 0.6 is 15.9 Å². The summed E-state index contributed by atoms with van der Waals surface area (Å²) in [7, 11) is 0. The second-order valence-electron chi connectivity index (χ2n) is 4.30. The fraction of sp³-hybridized carbons (Fsp3) is 0.0667. The summed E-state index contributed by atoms with van der Waals surface area (Å²) < 4.78 is 5.78. The number of benzene rings is 2. The van der Waals surface area contributed by atoms with E-state index in [2.05, 4.69) is 15.9 Å². The first kappa shape index (κ1) is 15.1. The third-order valence-electron chi connectivity index (χ3n) is 2.79. The van der Waals surface area contributed by atoms with Gasteiger partial charge < -0.3 is 15.6 Å². The van der Waals surface area contributed by atoms with Gasteiger partial charge in [0.2, 0.25) is 5.91 Å². The minimum Gasteiger partial charge on any atom is -0.507 e. The van der Waals surface area contributed by atoms with Gasteiger partial charge in [-0.3, -0.25) is 4.79 Å². The van der Waals surface area contributed by atoms with Crippen LogP contribution in [0.3, 0.4) is 0 Å². The maximum absolute atomic E-state index is 11.9. The van der Waals surface area contributed by atoms with Crippen LogP contribution in [0.4, 0.5) is 0 Å². The monoisotopic (exact) mass is 349 g/mol. The topological polar surface area (TPSA) is 89.6 Å². The largest absolute Gasteiger partial charge is 0.507 e. The van der Waals surface area contributed by atoms with Crippen LogP contribution in [0.5, 0.6) is 5.75 Å². The van der Waals surface area contributed by atoms with Crippen molar-refractivity contribution >= 4 is 27.8 Å². The zero-order valence-electron chi connectivity index (χ0n) is 10.9. The van der Waals surface area contributed by atoms with Crippen LogP contribution in [0, 0.1) is 0 Å². The highest BCUT2D eigenvalue weighted by molar-refractivity contribution is 9.10. The molecule has 0 radical (unpaired) electrons. The third kappa shape index (κ3) is 3.82. The molecule has 2 rings (SSSR count). The van der Waals surface area contributed by atoms with Gasteiger partial charge in [-0.15, -0.1) is 0 Å². The van der Waals surface area contributed by atoms with Gasteiger partial charge in [0.25, 0.3) is 0 Å². The minimum absolute atomic E-state index is 0.0316. The predicted octanol–water partition coefficient (Wildman–Crippen LogP) is 2.61. The number of nitrogens with two attached hydrogens (primary N) is 1. The van der Waals surface area contributed by atoms with Crippen molar-refractivity contribution in [3.05, 3.63) is 63.6 Å². The molecule has 0 fully saturated rings. The summed E-state index contributed by atoms with van der Waals surface area (Å²) in [5.41, 5.74) is 6.31. The Morgan fingerprint density at radius 1 is 1.14 bits per heavy atom. The molecule has 0 aliphatic carbocycles. The summed E-state index contributed by atoms with van der Waals surface area (Å²) in [6.45, 7) is 0.0316. The third-order valence-corrected chi connectivity index (χ3v) is 3.28. The number of carbonyl (C=O) groups excluding carboxylic acids is 2. The highest BCUT2D eigenvalue weighted by Crippen LogP contribution is 2.23. The van der Waals surface area contributed by atoms with Gasteiger partial charge in [-0.25, -0.2) is 4.79 Å². The van der Waals surface area contributed by atoms with Crippen LogP contribution in [0.15, 0.2) is 46.9 Å². The quantitative estimate of drug-likeness (QED) is 0.830. The Bertz CT molecular complexity index is 683. The Balaban J connectivity index is 2.04. The van der Waals surface area contributed by atoms with Crippen LogP contribution in [-0.2, 0) is 11.3 Å². The summed E-state index contributed by atoms with van der Waals surface area (Å²) in [5, 5.41) is 9.63. The number of phenols is 1. The summed E-state index contributed by atoms with van der Waals surface area (Å²) in [5.74, 6) is -1.29. The lowest BCUT2D eigenvalue weighted by Gasteiger charge is -2.07. The lowest BCUT2D eigenvalue weighted by molar-refractivity contribution is 0.0469. The van der Waals surface area contributed by atoms with Gasteiger partial charge in [0, 0.05) is 10.0 Å². The summed E-state index contributed by atoms with van der Waals surface area (Å²) in [6.07, 6.45) is 0. The molecule has 108 valence electrons. The summed E-state index contributed by atoms with van der Waals surface area (Å²) in [6, 6.07) is 10.9. The molecular formula is C15H12BrNO4. The molecule has 0 aliphatic rings. The summed E-state index contributed by atoms with van der Waals surface area (Å²) in [4.78, 5) is 22.8. The number of aromatic hydroxyl groups is 1. The molecule has 2 aromatic rings. The van der Waals surface area contributed by atoms with Gasteiger partial charge in [0.1, 0.15) is 17.9 Å². The number of primary amides is 1. The molecule has 0 atom stereocenters. The number of esters is 1. The second kappa shape index (κ2) is 6.41. The van der Waals surface area contributed by atoms with Gasteiger partial charge in [0.05, 0.1) is 0 Å². The van der Waals surface area contributed by atoms with E-state index in [1.165, 1.54) is 12.1 Å². The molecular weight excluding hydrogens is 338 g/mol. The second-order valence-corrected chi connectivity index (χ2v) is 5.21. The molecule has 2 aromatic carbocycles. The average molecular weight is 350 g/mol. The lowest BCUT2D eigenvalue weighted by Crippen LogP contribution is -2.11. The first-order valence-electron chi connectivity index (χ1n) is 6.02. The van der Waals surface area contributed by atoms with Crippen molar-refractivity contribution in [2.24, 2.45) is 5.73 Å². The highest BCUT2D eigenvalue weighted by atomic mass is 79.9. The predicted molar refractivity (Wildman–Crippen MR) is 79.9 cm³/mol. The molecule has 5 nitrogen and oxygen atoms in total. The number of hydrogen-bond donors (Lipinski definition) is 2. The average Bonchev–Trinajstić information content (AvgIpc) is 2.47. The zero-order valence-corrected chi connectivity index (χ0v) is 12.5. The van der Waals surface area contributed by atoms with Crippen molar-refractivity contribution in [2.45, 2.75) is 6.61 Å². The lowest BCUT2D eigenvalue weighted by atomic mass is 10.1. The Kier molecular flexibility index (Phi) is 4.59. The van der Waals surface area contributed by atoms with Crippen LogP contribution in [0.2, 0.25) is 0 Å². The normalized spacial score (nSPS) is 10.1. The maximum atomic E-state index is 11.9. The van der Waals surface area contributed by atoms with E-state index in [-0.39, 0.29) is 17.9 Å². The molecule has 0 saturated heterocycles. The van der Waals surface area contributed by atoms with Crippen molar-refractivity contribution in [1.29, 1.82) is 0 Å². The van der Waals surface area contributed by atoms with Crippen LogP contribution in [-0.4, -0.2) is 17.0 Å². The van der Waals surface area contributed by atoms with E-state index in [0.717, 1.165) is 0 Å². The summed E-state index contributed by atoms with van der Waals surface area (Å²) >= 11 is 3.22. The van der Waals surface area contributed by atoms with Crippen molar-refractivity contribution in [3.8, 4) is 5.75 Å². The molecule has 3 N–H and O–H groups in total. The molecule has 0 saturated carbocycles. The van der Waals surface area contributed by atoms with Crippen LogP contribution < -0.4 is 5.73 Å². The van der Waals surface area contributed by atoms with Gasteiger partial charge in [0.15, 0.2) is 0 Å². The van der Waals surface area contributed by atoms with Crippen molar-refractivity contribution < 1.29 is 19.4 Å². The Hall–Kier alpha value is -2.34. The van der Waals surface area contributed by atoms with E-state index in [1.807, 2.05) is 0 Å². The molecule has 21 heavy (non-hydrogen) atoms. The van der Waals surface area contributed by atoms with Crippen LogP contribution in [0.25, 0.3) is 0 Å². The molecule has 0 spiro atoms. The standard InChI is InChI=1S/C15H12BrNO4/c16-11-5-6-13(18)12(7-11)15(20)21-8-9-1-3-10(4-2-9)14(17)19/h1-7,18H,8H2,(H2,17,19). The fourth-order valence-corrected chi connectivity index (χ4v) is 2.02. The highest BCUT2D eigenvalue weighted by Gasteiger charge is 2.13. The number of hydrogen-bond acceptors (Lipinski definition) is 4. The molecule has 0 heterocycles. The fourth-order valence-electron chi connectivity index (χ4n) is 1.66. The maximum Gasteiger partial charge on any atom is 0.342 e. The number of ether oxygens (including phenoxy) is 1. The number of phenolic OH excluding ortho intramolecular Hbond substituents is 1. The van der Waals surface area contributed by atoms with E-state index in [0.29, 0.717) is 15.6 Å². The van der Waals surface area contributed by atoms with Crippen LogP contribution in [0.1, 0.15) is 26.3 Å². The van der Waals surface area contributed by atoms with Gasteiger partial charge in [-0.1, -0.05) is 28.1 Å². The first-order chi connectivity index (χ1) is 9.97. The van der Waals surface area contributed by atoms with Gasteiger partial charge in [-0.05, 0) is 35.9 Å². The van der Waals surface area contributed by atoms with Crippen molar-refractivity contribution in [2.75, 3.05) is 0 Å². The molecule has 0 unspecified atom stereocenters. The molecule has 0 aromatic heterocycles. The van der Waals surface area contributed by atoms with Crippen molar-refractivity contribution in [1.82, 2.24) is 0 Å². The SMILES string of the molecule is NC(=O)c1ccc(COC(=O)c2cc(Br)ccc2O)cc1. The van der Waals surface area contributed by atoms with E-state index >= 15 is 0 Å². The minimum atomic E-state index is -0.632. The number of amides is 1. The van der Waals surface area contributed by atoms with Gasteiger partial charge in [-0.2, -0.15) is 0 Å². The van der Waals surface area contributed by atoms with Gasteiger partial charge >= 0.3 is 5.97 Å². The molecule has 1 amide bonds. The molecule has 0 bridgehead atoms. The molecule has 6 heteroatoms. The van der Waals surface area contributed by atoms with E-state index in [4.69, 9.17) is 10.5 Å². The zero-order chi connectivity index (χ0) is 15.4. The molecule has 0 aliphatic heterocycles. The Labute approximate surface area is 129 Å². The van der Waals surface area contributed by atoms with Crippen molar-refractivity contribution in [3.63, 3.8) is 0 Å². The number of carbonyl (C=O) groups is 2. The van der Waals surface area contributed by atoms with E-state index in [9.17, 15) is 14.7 Å². The smallest absolute Gasteiger partial charge is 0.342 e. The number of rotatable bonds is 4. The Morgan fingerprint density at radius 3 is 2.43 bits per heavy atom. The van der Waals surface area contributed by atoms with E-state index < -0.39 is 11.9 Å². The first-order valence-corrected chi connectivity index (χ1v) is 6.81. The Morgan fingerprint density at radius 2 is 1.81 bits per heavy atom. The van der Waals surface area contributed by atoms with E-state index in [1.54, 1.807) is 30.3 Å². The number of halogens is 1.